The molecular formula is C11H24O4. The van der Waals surface area contributed by atoms with E-state index in [9.17, 15) is 5.11 Å². The largest absolute Gasteiger partial charge is 0.396 e. The average molecular weight is 220 g/mol. The van der Waals surface area contributed by atoms with Crippen LogP contribution in [-0.2, 0) is 0 Å². The van der Waals surface area contributed by atoms with Gasteiger partial charge in [0.1, 0.15) is 0 Å². The Balaban J connectivity index is 3.49. The van der Waals surface area contributed by atoms with Crippen LogP contribution < -0.4 is 0 Å². The average Bonchev–Trinajstić information content (AvgIpc) is 2.25. The first-order valence-corrected chi connectivity index (χ1v) is 5.73. The monoisotopic (exact) mass is 220 g/mol. The van der Waals surface area contributed by atoms with E-state index in [0.717, 1.165) is 19.3 Å². The molecule has 0 spiro atoms. The molecule has 4 heteroatoms. The second-order valence-corrected chi connectivity index (χ2v) is 4.04. The van der Waals surface area contributed by atoms with Crippen LogP contribution in [0.4, 0.5) is 0 Å². The Morgan fingerprint density at radius 1 is 0.933 bits per heavy atom. The molecule has 0 aromatic heterocycles. The molecule has 0 saturated carbocycles. The molecule has 3 atom stereocenters. The summed E-state index contributed by atoms with van der Waals surface area (Å²) >= 11 is 0. The van der Waals surface area contributed by atoms with E-state index in [1.54, 1.807) is 0 Å². The molecular weight excluding hydrogens is 196 g/mol. The molecule has 0 rings (SSSR count). The maximum Gasteiger partial charge on any atom is 0.0770 e. The molecule has 0 radical (unpaired) electrons. The van der Waals surface area contributed by atoms with Gasteiger partial charge in [-0.1, -0.05) is 19.8 Å². The van der Waals surface area contributed by atoms with Crippen molar-refractivity contribution in [2.24, 2.45) is 5.92 Å². The van der Waals surface area contributed by atoms with E-state index in [1.165, 1.54) is 0 Å². The van der Waals surface area contributed by atoms with E-state index >= 15 is 0 Å². The van der Waals surface area contributed by atoms with Crippen molar-refractivity contribution < 1.29 is 20.4 Å². The molecule has 3 unspecified atom stereocenters. The topological polar surface area (TPSA) is 80.9 Å². The van der Waals surface area contributed by atoms with E-state index in [0.29, 0.717) is 12.8 Å². The van der Waals surface area contributed by atoms with Crippen LogP contribution in [0.15, 0.2) is 0 Å². The van der Waals surface area contributed by atoms with Gasteiger partial charge in [-0.25, -0.2) is 0 Å². The third kappa shape index (κ3) is 6.84. The predicted octanol–water partition coefficient (Wildman–Crippen LogP) is 0.279. The van der Waals surface area contributed by atoms with Crippen LogP contribution in [-0.4, -0.2) is 45.8 Å². The number of aliphatic hydroxyl groups excluding tert-OH is 4. The fourth-order valence-corrected chi connectivity index (χ4v) is 1.58. The second kappa shape index (κ2) is 9.09. The lowest BCUT2D eigenvalue weighted by molar-refractivity contribution is 0.0536. The summed E-state index contributed by atoms with van der Waals surface area (Å²) in [4.78, 5) is 0. The van der Waals surface area contributed by atoms with Crippen molar-refractivity contribution in [1.82, 2.24) is 0 Å². The number of aliphatic hydroxyl groups is 4. The van der Waals surface area contributed by atoms with Gasteiger partial charge in [0, 0.05) is 12.5 Å². The molecule has 4 N–H and O–H groups in total. The van der Waals surface area contributed by atoms with E-state index in [-0.39, 0.29) is 19.1 Å². The number of hydrogen-bond donors (Lipinski definition) is 4. The van der Waals surface area contributed by atoms with Crippen molar-refractivity contribution in [3.05, 3.63) is 0 Å². The first kappa shape index (κ1) is 14.8. The van der Waals surface area contributed by atoms with Gasteiger partial charge in [-0.15, -0.1) is 0 Å². The number of rotatable bonds is 9. The van der Waals surface area contributed by atoms with E-state index < -0.39 is 12.2 Å². The zero-order chi connectivity index (χ0) is 11.7. The number of hydrogen-bond acceptors (Lipinski definition) is 4. The Bertz CT molecular complexity index is 137. The molecule has 0 fully saturated rings. The van der Waals surface area contributed by atoms with Gasteiger partial charge in [0.15, 0.2) is 0 Å². The second-order valence-electron chi connectivity index (χ2n) is 4.04. The molecule has 0 bridgehead atoms. The Morgan fingerprint density at radius 2 is 1.53 bits per heavy atom. The van der Waals surface area contributed by atoms with Crippen molar-refractivity contribution in [2.45, 2.75) is 51.2 Å². The van der Waals surface area contributed by atoms with Crippen LogP contribution in [0.5, 0.6) is 0 Å². The Kier molecular flexibility index (Phi) is 9.00. The lowest BCUT2D eigenvalue weighted by Gasteiger charge is -2.19. The first-order chi connectivity index (χ1) is 7.15. The van der Waals surface area contributed by atoms with Crippen molar-refractivity contribution in [1.29, 1.82) is 0 Å². The molecule has 0 aromatic rings. The SMILES string of the molecule is CCC(CO)C(O)CCCCC(O)CO. The molecule has 15 heavy (non-hydrogen) atoms. The molecule has 0 amide bonds. The van der Waals surface area contributed by atoms with Gasteiger partial charge < -0.3 is 20.4 Å². The van der Waals surface area contributed by atoms with E-state index in [1.807, 2.05) is 6.92 Å². The highest BCUT2D eigenvalue weighted by Gasteiger charge is 2.15. The highest BCUT2D eigenvalue weighted by molar-refractivity contribution is 4.67. The normalized spacial score (nSPS) is 17.4. The zero-order valence-electron chi connectivity index (χ0n) is 9.47. The van der Waals surface area contributed by atoms with E-state index in [2.05, 4.69) is 0 Å². The first-order valence-electron chi connectivity index (χ1n) is 5.73. The molecule has 0 aromatic carbocycles. The summed E-state index contributed by atoms with van der Waals surface area (Å²) in [5.41, 5.74) is 0. The van der Waals surface area contributed by atoms with Gasteiger partial charge in [-0.3, -0.25) is 0 Å². The molecule has 4 nitrogen and oxygen atoms in total. The zero-order valence-corrected chi connectivity index (χ0v) is 9.47. The summed E-state index contributed by atoms with van der Waals surface area (Å²) in [7, 11) is 0. The fourth-order valence-electron chi connectivity index (χ4n) is 1.58. The molecule has 0 aliphatic rings. The Morgan fingerprint density at radius 3 is 2.00 bits per heavy atom. The third-order valence-corrected chi connectivity index (χ3v) is 2.80. The highest BCUT2D eigenvalue weighted by atomic mass is 16.3. The highest BCUT2D eigenvalue weighted by Crippen LogP contribution is 2.15. The van der Waals surface area contributed by atoms with Gasteiger partial charge in [0.25, 0.3) is 0 Å². The lowest BCUT2D eigenvalue weighted by Crippen LogP contribution is -2.23. The van der Waals surface area contributed by atoms with Gasteiger partial charge >= 0.3 is 0 Å². The third-order valence-electron chi connectivity index (χ3n) is 2.80. The predicted molar refractivity (Wildman–Crippen MR) is 58.4 cm³/mol. The van der Waals surface area contributed by atoms with E-state index in [4.69, 9.17) is 15.3 Å². The van der Waals surface area contributed by atoms with Crippen molar-refractivity contribution in [3.8, 4) is 0 Å². The molecule has 0 aliphatic heterocycles. The van der Waals surface area contributed by atoms with Crippen LogP contribution in [0, 0.1) is 5.92 Å². The Hall–Kier alpha value is -0.160. The summed E-state index contributed by atoms with van der Waals surface area (Å²) in [6.07, 6.45) is 2.51. The maximum atomic E-state index is 9.66. The van der Waals surface area contributed by atoms with Crippen LogP contribution in [0.1, 0.15) is 39.0 Å². The van der Waals surface area contributed by atoms with Crippen LogP contribution >= 0.6 is 0 Å². The number of unbranched alkanes of at least 4 members (excludes halogenated alkanes) is 1. The minimum absolute atomic E-state index is 0.0247. The van der Waals surface area contributed by atoms with Crippen molar-refractivity contribution >= 4 is 0 Å². The lowest BCUT2D eigenvalue weighted by atomic mass is 9.95. The minimum atomic E-state index is -0.637. The summed E-state index contributed by atoms with van der Waals surface area (Å²) in [6, 6.07) is 0. The van der Waals surface area contributed by atoms with Gasteiger partial charge in [-0.2, -0.15) is 0 Å². The summed E-state index contributed by atoms with van der Waals surface area (Å²) in [5.74, 6) is -0.0345. The summed E-state index contributed by atoms with van der Waals surface area (Å²) in [5, 5.41) is 36.3. The Labute approximate surface area is 91.6 Å². The van der Waals surface area contributed by atoms with Crippen LogP contribution in [0.25, 0.3) is 0 Å². The fraction of sp³-hybridized carbons (Fsp3) is 1.00. The van der Waals surface area contributed by atoms with Crippen molar-refractivity contribution in [2.75, 3.05) is 13.2 Å². The standard InChI is InChI=1S/C11H24O4/c1-2-9(7-12)11(15)6-4-3-5-10(14)8-13/h9-15H,2-8H2,1H3. The van der Waals surface area contributed by atoms with Crippen LogP contribution in [0.3, 0.4) is 0 Å². The summed E-state index contributed by atoms with van der Waals surface area (Å²) in [6.45, 7) is 1.77. The summed E-state index contributed by atoms with van der Waals surface area (Å²) < 4.78 is 0. The smallest absolute Gasteiger partial charge is 0.0770 e. The molecule has 0 heterocycles. The maximum absolute atomic E-state index is 9.66. The van der Waals surface area contributed by atoms with Gasteiger partial charge in [-0.05, 0) is 19.3 Å². The minimum Gasteiger partial charge on any atom is -0.396 e. The van der Waals surface area contributed by atoms with Crippen LogP contribution in [0.2, 0.25) is 0 Å². The van der Waals surface area contributed by atoms with Gasteiger partial charge in [0.05, 0.1) is 18.8 Å². The quantitative estimate of drug-likeness (QED) is 0.421. The molecule has 92 valence electrons. The molecule has 0 saturated heterocycles. The molecule has 0 aliphatic carbocycles. The van der Waals surface area contributed by atoms with Gasteiger partial charge in [0.2, 0.25) is 0 Å². The van der Waals surface area contributed by atoms with Crippen molar-refractivity contribution in [3.63, 3.8) is 0 Å².